The van der Waals surface area contributed by atoms with Crippen LogP contribution in [0.1, 0.15) is 54.4 Å². The summed E-state index contributed by atoms with van der Waals surface area (Å²) < 4.78 is 28.2. The van der Waals surface area contributed by atoms with E-state index in [-0.39, 0.29) is 34.4 Å². The molecule has 2 amide bonds. The number of rotatable bonds is 8. The minimum atomic E-state index is -3.68. The van der Waals surface area contributed by atoms with Gasteiger partial charge in [-0.25, -0.2) is 13.1 Å². The summed E-state index contributed by atoms with van der Waals surface area (Å²) in [6.07, 6.45) is 5.42. The second kappa shape index (κ2) is 10.0. The Hall–Kier alpha value is -2.75. The molecule has 2 aromatic carbocycles. The summed E-state index contributed by atoms with van der Waals surface area (Å²) >= 11 is 0. The lowest BCUT2D eigenvalue weighted by Crippen LogP contribution is -2.39. The van der Waals surface area contributed by atoms with Gasteiger partial charge in [0.25, 0.3) is 5.91 Å². The van der Waals surface area contributed by atoms with E-state index in [2.05, 4.69) is 14.9 Å². The lowest BCUT2D eigenvalue weighted by atomic mass is 10.1. The SMILES string of the molecule is NC(=O)C1CCCN1Cc1cccc(NC(=O)c2cccc(S(=O)(=O)NC3CCCC3)c2)c1. The molecule has 0 spiro atoms. The summed E-state index contributed by atoms with van der Waals surface area (Å²) in [5.41, 5.74) is 7.33. The van der Waals surface area contributed by atoms with E-state index >= 15 is 0 Å². The summed E-state index contributed by atoms with van der Waals surface area (Å²) in [4.78, 5) is 26.6. The van der Waals surface area contributed by atoms with Crippen LogP contribution in [0.5, 0.6) is 0 Å². The number of amides is 2. The molecular formula is C24H30N4O4S. The Kier molecular flexibility index (Phi) is 7.11. The molecule has 2 aromatic rings. The summed E-state index contributed by atoms with van der Waals surface area (Å²) in [5, 5.41) is 2.84. The van der Waals surface area contributed by atoms with Gasteiger partial charge < -0.3 is 11.1 Å². The highest BCUT2D eigenvalue weighted by Crippen LogP contribution is 2.23. The van der Waals surface area contributed by atoms with Gasteiger partial charge in [-0.2, -0.15) is 0 Å². The highest BCUT2D eigenvalue weighted by Gasteiger charge is 2.29. The average molecular weight is 471 g/mol. The van der Waals surface area contributed by atoms with Crippen molar-refractivity contribution in [3.8, 4) is 0 Å². The third-order valence-corrected chi connectivity index (χ3v) is 7.86. The number of nitrogens with zero attached hydrogens (tertiary/aromatic N) is 1. The summed E-state index contributed by atoms with van der Waals surface area (Å²) in [5.74, 6) is -0.699. The van der Waals surface area contributed by atoms with Crippen LogP contribution in [0.15, 0.2) is 53.4 Å². The lowest BCUT2D eigenvalue weighted by molar-refractivity contribution is -0.122. The van der Waals surface area contributed by atoms with Gasteiger partial charge in [-0.15, -0.1) is 0 Å². The van der Waals surface area contributed by atoms with Crippen molar-refractivity contribution in [3.63, 3.8) is 0 Å². The van der Waals surface area contributed by atoms with Crippen LogP contribution in [-0.4, -0.2) is 43.8 Å². The molecule has 1 atom stereocenters. The van der Waals surface area contributed by atoms with Gasteiger partial charge in [0.15, 0.2) is 0 Å². The van der Waals surface area contributed by atoms with Gasteiger partial charge in [-0.05, 0) is 68.1 Å². The topological polar surface area (TPSA) is 122 Å². The zero-order valence-corrected chi connectivity index (χ0v) is 19.3. The van der Waals surface area contributed by atoms with Gasteiger partial charge in [0.1, 0.15) is 0 Å². The van der Waals surface area contributed by atoms with Crippen molar-refractivity contribution in [3.05, 3.63) is 59.7 Å². The quantitative estimate of drug-likeness (QED) is 0.548. The number of anilines is 1. The van der Waals surface area contributed by atoms with E-state index < -0.39 is 10.0 Å². The molecule has 1 aliphatic heterocycles. The second-order valence-corrected chi connectivity index (χ2v) is 10.5. The first-order chi connectivity index (χ1) is 15.8. The van der Waals surface area contributed by atoms with Crippen LogP contribution in [0.25, 0.3) is 0 Å². The molecule has 1 heterocycles. The molecule has 9 heteroatoms. The van der Waals surface area contributed by atoms with E-state index in [9.17, 15) is 18.0 Å². The van der Waals surface area contributed by atoms with E-state index in [1.807, 2.05) is 18.2 Å². The van der Waals surface area contributed by atoms with Crippen molar-refractivity contribution in [2.45, 2.75) is 62.0 Å². The Balaban J connectivity index is 1.44. The number of primary amides is 1. The minimum absolute atomic E-state index is 0.0417. The molecule has 0 aromatic heterocycles. The molecule has 8 nitrogen and oxygen atoms in total. The van der Waals surface area contributed by atoms with Gasteiger partial charge in [0.05, 0.1) is 10.9 Å². The van der Waals surface area contributed by atoms with Gasteiger partial charge >= 0.3 is 0 Å². The molecule has 1 unspecified atom stereocenters. The fourth-order valence-corrected chi connectivity index (χ4v) is 6.01. The molecule has 2 fully saturated rings. The van der Waals surface area contributed by atoms with Gasteiger partial charge in [0, 0.05) is 23.8 Å². The maximum Gasteiger partial charge on any atom is 0.255 e. The van der Waals surface area contributed by atoms with Crippen LogP contribution < -0.4 is 15.8 Å². The lowest BCUT2D eigenvalue weighted by Gasteiger charge is -2.22. The average Bonchev–Trinajstić information content (AvgIpc) is 3.46. The van der Waals surface area contributed by atoms with E-state index in [1.165, 1.54) is 12.1 Å². The molecule has 4 N–H and O–H groups in total. The zero-order valence-electron chi connectivity index (χ0n) is 18.5. The first-order valence-corrected chi connectivity index (χ1v) is 12.9. The van der Waals surface area contributed by atoms with Crippen LogP contribution in [0.3, 0.4) is 0 Å². The normalized spacial score (nSPS) is 19.6. The van der Waals surface area contributed by atoms with Crippen molar-refractivity contribution >= 4 is 27.5 Å². The number of hydrogen-bond donors (Lipinski definition) is 3. The first kappa shape index (κ1) is 23.4. The van der Waals surface area contributed by atoms with Crippen LogP contribution in [-0.2, 0) is 21.4 Å². The predicted octanol–water partition coefficient (Wildman–Crippen LogP) is 2.61. The van der Waals surface area contributed by atoms with Gasteiger partial charge in [0.2, 0.25) is 15.9 Å². The van der Waals surface area contributed by atoms with Gasteiger partial charge in [-0.1, -0.05) is 31.0 Å². The standard InChI is InChI=1S/C24H30N4O4S/c25-23(29)22-12-5-13-28(22)16-17-6-3-10-20(14-17)26-24(30)18-7-4-11-21(15-18)33(31,32)27-19-8-1-2-9-19/h3-4,6-7,10-11,14-15,19,22,27H,1-2,5,8-9,12-13,16H2,(H2,25,29)(H,26,30). The van der Waals surface area contributed by atoms with Crippen molar-refractivity contribution in [1.82, 2.24) is 9.62 Å². The molecule has 0 bridgehead atoms. The molecule has 1 aliphatic carbocycles. The van der Waals surface area contributed by atoms with Crippen LogP contribution >= 0.6 is 0 Å². The number of nitrogens with two attached hydrogens (primary N) is 1. The third kappa shape index (κ3) is 5.79. The Morgan fingerprint density at radius 3 is 2.52 bits per heavy atom. The molecule has 4 rings (SSSR count). The van der Waals surface area contributed by atoms with Crippen LogP contribution in [0.4, 0.5) is 5.69 Å². The summed E-state index contributed by atoms with van der Waals surface area (Å²) in [6.45, 7) is 1.37. The molecule has 1 saturated heterocycles. The van der Waals surface area contributed by atoms with E-state index in [1.54, 1.807) is 18.2 Å². The Labute approximate surface area is 194 Å². The fraction of sp³-hybridized carbons (Fsp3) is 0.417. The van der Waals surface area contributed by atoms with Crippen LogP contribution in [0, 0.1) is 0 Å². The highest BCUT2D eigenvalue weighted by atomic mass is 32.2. The van der Waals surface area contributed by atoms with Crippen molar-refractivity contribution in [2.75, 3.05) is 11.9 Å². The first-order valence-electron chi connectivity index (χ1n) is 11.4. The fourth-order valence-electron chi connectivity index (χ4n) is 4.66. The second-order valence-electron chi connectivity index (χ2n) is 8.82. The molecule has 33 heavy (non-hydrogen) atoms. The minimum Gasteiger partial charge on any atom is -0.368 e. The maximum absolute atomic E-state index is 12.8. The number of hydrogen-bond acceptors (Lipinski definition) is 5. The number of benzene rings is 2. The molecule has 1 saturated carbocycles. The Bertz CT molecular complexity index is 1130. The summed E-state index contributed by atoms with van der Waals surface area (Å²) in [6, 6.07) is 13.2. The highest BCUT2D eigenvalue weighted by molar-refractivity contribution is 7.89. The van der Waals surface area contributed by atoms with E-state index in [0.717, 1.165) is 50.6 Å². The maximum atomic E-state index is 12.8. The van der Waals surface area contributed by atoms with Crippen molar-refractivity contribution < 1.29 is 18.0 Å². The third-order valence-electron chi connectivity index (χ3n) is 6.35. The van der Waals surface area contributed by atoms with Crippen molar-refractivity contribution in [1.29, 1.82) is 0 Å². The number of carbonyl (C=O) groups is 2. The predicted molar refractivity (Wildman–Crippen MR) is 126 cm³/mol. The molecular weight excluding hydrogens is 440 g/mol. The Morgan fingerprint density at radius 1 is 1.00 bits per heavy atom. The largest absolute Gasteiger partial charge is 0.368 e. The van der Waals surface area contributed by atoms with Crippen LogP contribution in [0.2, 0.25) is 0 Å². The van der Waals surface area contributed by atoms with E-state index in [0.29, 0.717) is 12.2 Å². The number of likely N-dealkylation sites (tertiary alicyclic amines) is 1. The summed E-state index contributed by atoms with van der Waals surface area (Å²) in [7, 11) is -3.68. The van der Waals surface area contributed by atoms with E-state index in [4.69, 9.17) is 5.73 Å². The number of nitrogens with one attached hydrogen (secondary N) is 2. The molecule has 2 aliphatic rings. The number of sulfonamides is 1. The molecule has 176 valence electrons. The number of carbonyl (C=O) groups excluding carboxylic acids is 2. The zero-order chi connectivity index (χ0) is 23.4. The van der Waals surface area contributed by atoms with Crippen molar-refractivity contribution in [2.24, 2.45) is 5.73 Å². The Morgan fingerprint density at radius 2 is 1.76 bits per heavy atom. The molecule has 0 radical (unpaired) electrons. The van der Waals surface area contributed by atoms with Gasteiger partial charge in [-0.3, -0.25) is 14.5 Å². The monoisotopic (exact) mass is 470 g/mol. The smallest absolute Gasteiger partial charge is 0.255 e.